The number of rotatable bonds is 5. The number of hydrogen-bond donors (Lipinski definition) is 1. The normalized spacial score (nSPS) is 10.7. The maximum atomic E-state index is 12.2. The summed E-state index contributed by atoms with van der Waals surface area (Å²) in [6.07, 6.45) is 3.45. The van der Waals surface area contributed by atoms with E-state index in [1.165, 1.54) is 5.56 Å². The summed E-state index contributed by atoms with van der Waals surface area (Å²) in [5.74, 6) is -0.164. The molecule has 1 aromatic carbocycles. The molecule has 1 N–H and O–H groups in total. The number of amides is 2. The Labute approximate surface area is 140 Å². The standard InChI is InChI=1S/C18H20N2O2S/c1-13-10-11-23-16(13)8-9-17(21)20(3)12-14-4-6-15(7-5-14)18(22)19-2/h4-11H,12H2,1-3H3,(H,19,22)/b9-8+. The summed E-state index contributed by atoms with van der Waals surface area (Å²) in [7, 11) is 3.37. The van der Waals surface area contributed by atoms with Crippen LogP contribution >= 0.6 is 11.3 Å². The molecular weight excluding hydrogens is 308 g/mol. The molecule has 23 heavy (non-hydrogen) atoms. The molecule has 0 atom stereocenters. The minimum atomic E-state index is -0.116. The van der Waals surface area contributed by atoms with E-state index in [1.54, 1.807) is 48.5 Å². The largest absolute Gasteiger partial charge is 0.355 e. The Balaban J connectivity index is 1.97. The van der Waals surface area contributed by atoms with Gasteiger partial charge in [-0.1, -0.05) is 12.1 Å². The average Bonchev–Trinajstić information content (AvgIpc) is 2.97. The van der Waals surface area contributed by atoms with Crippen molar-refractivity contribution >= 4 is 29.2 Å². The molecule has 0 bridgehead atoms. The molecule has 0 unspecified atom stereocenters. The second-order valence-corrected chi connectivity index (χ2v) is 6.22. The third-order valence-corrected chi connectivity index (χ3v) is 4.50. The van der Waals surface area contributed by atoms with E-state index in [-0.39, 0.29) is 11.8 Å². The Morgan fingerprint density at radius 3 is 2.48 bits per heavy atom. The number of nitrogens with zero attached hydrogens (tertiary/aromatic N) is 1. The third kappa shape index (κ3) is 4.53. The zero-order valence-corrected chi connectivity index (χ0v) is 14.3. The first kappa shape index (κ1) is 17.0. The number of carbonyl (C=O) groups excluding carboxylic acids is 2. The fourth-order valence-corrected chi connectivity index (χ4v) is 2.91. The maximum Gasteiger partial charge on any atom is 0.251 e. The molecule has 0 aliphatic carbocycles. The van der Waals surface area contributed by atoms with Crippen LogP contribution in [0.25, 0.3) is 6.08 Å². The van der Waals surface area contributed by atoms with Crippen LogP contribution in [0.2, 0.25) is 0 Å². The smallest absolute Gasteiger partial charge is 0.251 e. The quantitative estimate of drug-likeness (QED) is 0.858. The van der Waals surface area contributed by atoms with Crippen LogP contribution in [0.5, 0.6) is 0 Å². The fraction of sp³-hybridized carbons (Fsp3) is 0.222. The molecular formula is C18H20N2O2S. The predicted octanol–water partition coefficient (Wildman–Crippen LogP) is 3.09. The molecule has 0 saturated heterocycles. The van der Waals surface area contributed by atoms with Gasteiger partial charge in [0.2, 0.25) is 5.91 Å². The number of benzene rings is 1. The van der Waals surface area contributed by atoms with Gasteiger partial charge in [0.05, 0.1) is 0 Å². The van der Waals surface area contributed by atoms with Gasteiger partial charge in [-0.15, -0.1) is 11.3 Å². The molecule has 2 aromatic rings. The first-order valence-corrected chi connectivity index (χ1v) is 8.17. The lowest BCUT2D eigenvalue weighted by Gasteiger charge is -2.15. The summed E-state index contributed by atoms with van der Waals surface area (Å²) < 4.78 is 0. The Morgan fingerprint density at radius 1 is 1.22 bits per heavy atom. The first-order chi connectivity index (χ1) is 11.0. The van der Waals surface area contributed by atoms with Crippen molar-refractivity contribution in [2.24, 2.45) is 0 Å². The topological polar surface area (TPSA) is 49.4 Å². The van der Waals surface area contributed by atoms with E-state index in [0.29, 0.717) is 12.1 Å². The molecule has 0 aliphatic rings. The molecule has 0 saturated carbocycles. The van der Waals surface area contributed by atoms with Crippen LogP contribution in [0.3, 0.4) is 0 Å². The van der Waals surface area contributed by atoms with E-state index >= 15 is 0 Å². The monoisotopic (exact) mass is 328 g/mol. The van der Waals surface area contributed by atoms with Crippen LogP contribution in [0.1, 0.15) is 26.4 Å². The highest BCUT2D eigenvalue weighted by atomic mass is 32.1. The highest BCUT2D eigenvalue weighted by Gasteiger charge is 2.08. The molecule has 0 aliphatic heterocycles. The second-order valence-electron chi connectivity index (χ2n) is 5.27. The molecule has 0 spiro atoms. The zero-order valence-electron chi connectivity index (χ0n) is 13.5. The van der Waals surface area contributed by atoms with Crippen molar-refractivity contribution in [3.05, 3.63) is 63.4 Å². The maximum absolute atomic E-state index is 12.2. The molecule has 5 heteroatoms. The number of likely N-dealkylation sites (N-methyl/N-ethyl adjacent to an activating group) is 1. The molecule has 0 radical (unpaired) electrons. The van der Waals surface area contributed by atoms with Gasteiger partial charge in [0.25, 0.3) is 5.91 Å². The summed E-state index contributed by atoms with van der Waals surface area (Å²) in [5, 5.41) is 4.59. The highest BCUT2D eigenvalue weighted by molar-refractivity contribution is 7.11. The lowest BCUT2D eigenvalue weighted by atomic mass is 10.1. The van der Waals surface area contributed by atoms with E-state index in [0.717, 1.165) is 10.4 Å². The van der Waals surface area contributed by atoms with E-state index < -0.39 is 0 Å². The van der Waals surface area contributed by atoms with Crippen molar-refractivity contribution < 1.29 is 9.59 Å². The molecule has 120 valence electrons. The van der Waals surface area contributed by atoms with Gasteiger partial charge in [-0.25, -0.2) is 0 Å². The van der Waals surface area contributed by atoms with E-state index in [4.69, 9.17) is 0 Å². The summed E-state index contributed by atoms with van der Waals surface area (Å²) >= 11 is 1.62. The van der Waals surface area contributed by atoms with Gasteiger partial charge in [0.1, 0.15) is 0 Å². The van der Waals surface area contributed by atoms with Crippen LogP contribution in [-0.4, -0.2) is 30.8 Å². The van der Waals surface area contributed by atoms with Gasteiger partial charge in [0, 0.05) is 37.2 Å². The van der Waals surface area contributed by atoms with Crippen molar-refractivity contribution in [2.45, 2.75) is 13.5 Å². The number of hydrogen-bond acceptors (Lipinski definition) is 3. The van der Waals surface area contributed by atoms with Gasteiger partial charge < -0.3 is 10.2 Å². The molecule has 2 rings (SSSR count). The van der Waals surface area contributed by atoms with Crippen molar-refractivity contribution in [3.8, 4) is 0 Å². The van der Waals surface area contributed by atoms with E-state index in [2.05, 4.69) is 5.32 Å². The Bertz CT molecular complexity index is 717. The zero-order chi connectivity index (χ0) is 16.8. The van der Waals surface area contributed by atoms with Crippen LogP contribution in [-0.2, 0) is 11.3 Å². The molecule has 0 fully saturated rings. The molecule has 1 heterocycles. The van der Waals surface area contributed by atoms with Crippen molar-refractivity contribution in [3.63, 3.8) is 0 Å². The summed E-state index contributed by atoms with van der Waals surface area (Å²) in [4.78, 5) is 26.4. The SMILES string of the molecule is CNC(=O)c1ccc(CN(C)C(=O)/C=C/c2sccc2C)cc1. The fourth-order valence-electron chi connectivity index (χ4n) is 2.09. The Kier molecular flexibility index (Phi) is 5.71. The average molecular weight is 328 g/mol. The van der Waals surface area contributed by atoms with E-state index in [9.17, 15) is 9.59 Å². The summed E-state index contributed by atoms with van der Waals surface area (Å²) in [5.41, 5.74) is 2.76. The van der Waals surface area contributed by atoms with Crippen molar-refractivity contribution in [1.82, 2.24) is 10.2 Å². The predicted molar refractivity (Wildman–Crippen MR) is 94.4 cm³/mol. The van der Waals surface area contributed by atoms with Gasteiger partial charge in [-0.2, -0.15) is 0 Å². The Hall–Kier alpha value is -2.40. The van der Waals surface area contributed by atoms with Gasteiger partial charge >= 0.3 is 0 Å². The number of aryl methyl sites for hydroxylation is 1. The van der Waals surface area contributed by atoms with Crippen molar-refractivity contribution in [1.29, 1.82) is 0 Å². The third-order valence-electron chi connectivity index (χ3n) is 3.52. The van der Waals surface area contributed by atoms with Crippen LogP contribution < -0.4 is 5.32 Å². The number of thiophene rings is 1. The Morgan fingerprint density at radius 2 is 1.91 bits per heavy atom. The van der Waals surface area contributed by atoms with Crippen LogP contribution in [0.4, 0.5) is 0 Å². The first-order valence-electron chi connectivity index (χ1n) is 7.29. The highest BCUT2D eigenvalue weighted by Crippen LogP contribution is 2.17. The lowest BCUT2D eigenvalue weighted by Crippen LogP contribution is -2.24. The lowest BCUT2D eigenvalue weighted by molar-refractivity contribution is -0.125. The minimum Gasteiger partial charge on any atom is -0.355 e. The number of nitrogens with one attached hydrogen (secondary N) is 1. The van der Waals surface area contributed by atoms with Gasteiger partial charge in [0.15, 0.2) is 0 Å². The van der Waals surface area contributed by atoms with Crippen molar-refractivity contribution in [2.75, 3.05) is 14.1 Å². The molecule has 4 nitrogen and oxygen atoms in total. The molecule has 1 aromatic heterocycles. The second kappa shape index (κ2) is 7.74. The minimum absolute atomic E-state index is 0.0480. The number of carbonyl (C=O) groups is 2. The van der Waals surface area contributed by atoms with Gasteiger partial charge in [-0.3, -0.25) is 9.59 Å². The van der Waals surface area contributed by atoms with Gasteiger partial charge in [-0.05, 0) is 47.7 Å². The molecule has 2 amide bonds. The van der Waals surface area contributed by atoms with E-state index in [1.807, 2.05) is 36.6 Å². The van der Waals surface area contributed by atoms with Crippen LogP contribution in [0, 0.1) is 6.92 Å². The summed E-state index contributed by atoms with van der Waals surface area (Å²) in [6, 6.07) is 9.28. The summed E-state index contributed by atoms with van der Waals surface area (Å²) in [6.45, 7) is 2.53. The van der Waals surface area contributed by atoms with Crippen LogP contribution in [0.15, 0.2) is 41.8 Å².